The maximum Gasteiger partial charge on any atom is 0.170 e. The highest BCUT2D eigenvalue weighted by Gasteiger charge is 2.26. The maximum absolute atomic E-state index is 12.4. The number of carbonyl (C=O) groups is 1. The first kappa shape index (κ1) is 14.4. The van der Waals surface area contributed by atoms with E-state index in [9.17, 15) is 4.79 Å². The van der Waals surface area contributed by atoms with Crippen molar-refractivity contribution in [2.45, 2.75) is 39.7 Å². The summed E-state index contributed by atoms with van der Waals surface area (Å²) in [5.74, 6) is 0.948. The number of hydrogen-bond donors (Lipinski definition) is 0. The summed E-state index contributed by atoms with van der Waals surface area (Å²) < 4.78 is 11.3. The molecular weight excluding hydrogens is 254 g/mol. The van der Waals surface area contributed by atoms with Crippen molar-refractivity contribution in [1.29, 1.82) is 5.26 Å². The molecule has 0 fully saturated rings. The quantitative estimate of drug-likeness (QED) is 0.773. The molecule has 2 atom stereocenters. The maximum atomic E-state index is 12.4. The van der Waals surface area contributed by atoms with E-state index in [0.717, 1.165) is 17.7 Å². The van der Waals surface area contributed by atoms with E-state index in [4.69, 9.17) is 14.7 Å². The molecule has 0 saturated carbocycles. The van der Waals surface area contributed by atoms with Crippen molar-refractivity contribution >= 4 is 5.78 Å². The topological polar surface area (TPSA) is 59.3 Å². The largest absolute Gasteiger partial charge is 0.493 e. The smallest absolute Gasteiger partial charge is 0.170 e. The summed E-state index contributed by atoms with van der Waals surface area (Å²) in [5.41, 5.74) is 1.59. The van der Waals surface area contributed by atoms with Gasteiger partial charge in [0.1, 0.15) is 17.6 Å². The standard InChI is InChI=1S/C16H19NO3/c1-4-19-15-8-12-7-11(3)20-14(12)9-13(15)16(18)10(2)5-6-17/h8-11H,4-5,7H2,1-3H3. The summed E-state index contributed by atoms with van der Waals surface area (Å²) in [7, 11) is 0. The Balaban J connectivity index is 2.39. The molecule has 106 valence electrons. The van der Waals surface area contributed by atoms with Crippen LogP contribution in [0.25, 0.3) is 0 Å². The van der Waals surface area contributed by atoms with E-state index < -0.39 is 0 Å². The van der Waals surface area contributed by atoms with E-state index >= 15 is 0 Å². The first-order valence-electron chi connectivity index (χ1n) is 6.94. The lowest BCUT2D eigenvalue weighted by Crippen LogP contribution is -2.13. The summed E-state index contributed by atoms with van der Waals surface area (Å²) in [6.07, 6.45) is 1.16. The fraction of sp³-hybridized carbons (Fsp3) is 0.500. The predicted octanol–water partition coefficient (Wildman–Crippen LogP) is 3.14. The van der Waals surface area contributed by atoms with Crippen LogP contribution < -0.4 is 9.47 Å². The Morgan fingerprint density at radius 2 is 2.35 bits per heavy atom. The lowest BCUT2D eigenvalue weighted by molar-refractivity contribution is 0.0927. The van der Waals surface area contributed by atoms with Gasteiger partial charge in [-0.3, -0.25) is 4.79 Å². The molecule has 0 saturated heterocycles. The lowest BCUT2D eigenvalue weighted by atomic mass is 9.94. The molecule has 2 unspecified atom stereocenters. The fourth-order valence-electron chi connectivity index (χ4n) is 2.40. The summed E-state index contributed by atoms with van der Waals surface area (Å²) >= 11 is 0. The number of ether oxygens (including phenoxy) is 2. The molecule has 0 aromatic heterocycles. The Morgan fingerprint density at radius 1 is 1.60 bits per heavy atom. The Bertz CT molecular complexity index is 560. The Labute approximate surface area is 119 Å². The molecule has 1 aliphatic rings. The van der Waals surface area contributed by atoms with Crippen LogP contribution in [0.4, 0.5) is 0 Å². The van der Waals surface area contributed by atoms with E-state index in [0.29, 0.717) is 17.9 Å². The molecule has 0 amide bonds. The van der Waals surface area contributed by atoms with Crippen molar-refractivity contribution in [3.05, 3.63) is 23.3 Å². The zero-order valence-electron chi connectivity index (χ0n) is 12.1. The molecule has 20 heavy (non-hydrogen) atoms. The molecule has 4 heteroatoms. The molecule has 0 aliphatic carbocycles. The first-order valence-corrected chi connectivity index (χ1v) is 6.94. The Morgan fingerprint density at radius 3 is 3.00 bits per heavy atom. The van der Waals surface area contributed by atoms with Crippen LogP contribution in [0.3, 0.4) is 0 Å². The van der Waals surface area contributed by atoms with Crippen molar-refractivity contribution in [2.75, 3.05) is 6.61 Å². The molecule has 0 radical (unpaired) electrons. The van der Waals surface area contributed by atoms with Crippen LogP contribution in [0.15, 0.2) is 12.1 Å². The van der Waals surface area contributed by atoms with Gasteiger partial charge >= 0.3 is 0 Å². The summed E-state index contributed by atoms with van der Waals surface area (Å²) in [4.78, 5) is 12.4. The highest BCUT2D eigenvalue weighted by Crippen LogP contribution is 2.36. The van der Waals surface area contributed by atoms with Crippen LogP contribution in [-0.2, 0) is 6.42 Å². The number of rotatable bonds is 5. The van der Waals surface area contributed by atoms with Crippen LogP contribution in [0.2, 0.25) is 0 Å². The zero-order valence-corrected chi connectivity index (χ0v) is 12.1. The van der Waals surface area contributed by atoms with Gasteiger partial charge < -0.3 is 9.47 Å². The van der Waals surface area contributed by atoms with Gasteiger partial charge in [-0.05, 0) is 26.0 Å². The van der Waals surface area contributed by atoms with Crippen molar-refractivity contribution in [2.24, 2.45) is 5.92 Å². The second-order valence-electron chi connectivity index (χ2n) is 5.15. The predicted molar refractivity (Wildman–Crippen MR) is 75.1 cm³/mol. The van der Waals surface area contributed by atoms with E-state index in [-0.39, 0.29) is 24.2 Å². The number of benzene rings is 1. The molecule has 0 bridgehead atoms. The van der Waals surface area contributed by atoms with Crippen LogP contribution >= 0.6 is 0 Å². The van der Waals surface area contributed by atoms with Crippen LogP contribution in [0.5, 0.6) is 11.5 Å². The number of nitriles is 1. The van der Waals surface area contributed by atoms with Crippen molar-refractivity contribution in [1.82, 2.24) is 0 Å². The molecule has 2 rings (SSSR count). The van der Waals surface area contributed by atoms with E-state index in [1.54, 1.807) is 13.0 Å². The molecule has 0 spiro atoms. The summed E-state index contributed by atoms with van der Waals surface area (Å²) in [6, 6.07) is 5.70. The number of hydrogen-bond acceptors (Lipinski definition) is 4. The van der Waals surface area contributed by atoms with E-state index in [1.807, 2.05) is 26.0 Å². The minimum absolute atomic E-state index is 0.0686. The number of Topliss-reactive ketones (excluding diaryl/α,β-unsaturated/α-hetero) is 1. The third-order valence-electron chi connectivity index (χ3n) is 3.41. The second kappa shape index (κ2) is 5.96. The second-order valence-corrected chi connectivity index (χ2v) is 5.15. The van der Waals surface area contributed by atoms with Crippen LogP contribution in [0, 0.1) is 17.2 Å². The molecule has 1 aromatic carbocycles. The van der Waals surface area contributed by atoms with Gasteiger partial charge in [-0.25, -0.2) is 0 Å². The van der Waals surface area contributed by atoms with Gasteiger partial charge in [0.2, 0.25) is 0 Å². The highest BCUT2D eigenvalue weighted by atomic mass is 16.5. The zero-order chi connectivity index (χ0) is 14.7. The van der Waals surface area contributed by atoms with Crippen LogP contribution in [0.1, 0.15) is 43.1 Å². The summed E-state index contributed by atoms with van der Waals surface area (Å²) in [5, 5.41) is 8.74. The molecular formula is C16H19NO3. The SMILES string of the molecule is CCOc1cc2c(cc1C(=O)C(C)CC#N)OC(C)C2. The van der Waals surface area contributed by atoms with Crippen molar-refractivity contribution in [3.8, 4) is 17.6 Å². The van der Waals surface area contributed by atoms with Gasteiger partial charge in [0.25, 0.3) is 0 Å². The van der Waals surface area contributed by atoms with Gasteiger partial charge in [0.15, 0.2) is 5.78 Å². The van der Waals surface area contributed by atoms with E-state index in [2.05, 4.69) is 0 Å². The minimum Gasteiger partial charge on any atom is -0.493 e. The molecule has 1 aliphatic heterocycles. The van der Waals surface area contributed by atoms with Crippen molar-refractivity contribution < 1.29 is 14.3 Å². The van der Waals surface area contributed by atoms with Crippen molar-refractivity contribution in [3.63, 3.8) is 0 Å². The number of fused-ring (bicyclic) bond motifs is 1. The summed E-state index contributed by atoms with van der Waals surface area (Å²) in [6.45, 7) is 6.15. The van der Waals surface area contributed by atoms with Gasteiger partial charge in [-0.2, -0.15) is 5.26 Å². The average Bonchev–Trinajstić information content (AvgIpc) is 2.77. The van der Waals surface area contributed by atoms with Gasteiger partial charge in [0.05, 0.1) is 18.2 Å². The minimum atomic E-state index is -0.337. The molecule has 4 nitrogen and oxygen atoms in total. The highest BCUT2D eigenvalue weighted by molar-refractivity contribution is 6.00. The first-order chi connectivity index (χ1) is 9.56. The molecule has 0 N–H and O–H groups in total. The third-order valence-corrected chi connectivity index (χ3v) is 3.41. The third kappa shape index (κ3) is 2.77. The Kier molecular flexibility index (Phi) is 4.29. The lowest BCUT2D eigenvalue weighted by Gasteiger charge is -2.14. The van der Waals surface area contributed by atoms with Gasteiger partial charge in [-0.1, -0.05) is 6.92 Å². The average molecular weight is 273 g/mol. The number of carbonyl (C=O) groups excluding carboxylic acids is 1. The van der Waals surface area contributed by atoms with Crippen LogP contribution in [-0.4, -0.2) is 18.5 Å². The molecule has 1 heterocycles. The number of nitrogens with zero attached hydrogens (tertiary/aromatic N) is 1. The Hall–Kier alpha value is -2.02. The van der Waals surface area contributed by atoms with E-state index in [1.165, 1.54) is 0 Å². The number of ketones is 1. The fourth-order valence-corrected chi connectivity index (χ4v) is 2.40. The van der Waals surface area contributed by atoms with Gasteiger partial charge in [0, 0.05) is 24.3 Å². The monoisotopic (exact) mass is 273 g/mol. The van der Waals surface area contributed by atoms with Gasteiger partial charge in [-0.15, -0.1) is 0 Å². The molecule has 1 aromatic rings. The normalized spacial score (nSPS) is 17.8.